The van der Waals surface area contributed by atoms with Gasteiger partial charge in [-0.05, 0) is 24.0 Å². The number of hydrogen-bond acceptors (Lipinski definition) is 2. The molecule has 2 aromatic carbocycles. The molecule has 0 radical (unpaired) electrons. The number of piperazine rings is 1. The van der Waals surface area contributed by atoms with Crippen molar-refractivity contribution in [2.75, 3.05) is 13.1 Å². The molecular formula is C21H22N2O2. The zero-order valence-corrected chi connectivity index (χ0v) is 14.1. The van der Waals surface area contributed by atoms with Crippen LogP contribution in [0.15, 0.2) is 60.7 Å². The maximum Gasteiger partial charge on any atom is 0.234 e. The summed E-state index contributed by atoms with van der Waals surface area (Å²) in [4.78, 5) is 28.6. The maximum absolute atomic E-state index is 13.4. The van der Waals surface area contributed by atoms with E-state index in [2.05, 4.69) is 0 Å². The van der Waals surface area contributed by atoms with E-state index in [1.807, 2.05) is 70.5 Å². The van der Waals surface area contributed by atoms with Crippen LogP contribution in [0, 0.1) is 0 Å². The molecule has 2 atom stereocenters. The lowest BCUT2D eigenvalue weighted by molar-refractivity contribution is -0.138. The van der Waals surface area contributed by atoms with Crippen molar-refractivity contribution in [3.63, 3.8) is 0 Å². The van der Waals surface area contributed by atoms with E-state index in [1.54, 1.807) is 0 Å². The molecule has 2 fully saturated rings. The minimum absolute atomic E-state index is 0.139. The quantitative estimate of drug-likeness (QED) is 0.807. The van der Waals surface area contributed by atoms with Crippen LogP contribution in [0.25, 0.3) is 0 Å². The summed E-state index contributed by atoms with van der Waals surface area (Å²) in [5.41, 5.74) is 2.03. The lowest BCUT2D eigenvalue weighted by Gasteiger charge is -2.40. The minimum Gasteiger partial charge on any atom is -0.338 e. The highest BCUT2D eigenvalue weighted by Gasteiger charge is 2.42. The van der Waals surface area contributed by atoms with Crippen molar-refractivity contribution in [3.8, 4) is 0 Å². The number of fused-ring (bicyclic) bond motifs is 2. The third-order valence-corrected chi connectivity index (χ3v) is 5.48. The molecule has 4 rings (SSSR count). The van der Waals surface area contributed by atoms with E-state index in [1.165, 1.54) is 0 Å². The van der Waals surface area contributed by atoms with Gasteiger partial charge in [-0.2, -0.15) is 0 Å². The van der Waals surface area contributed by atoms with Crippen molar-refractivity contribution in [3.05, 3.63) is 71.8 Å². The molecule has 0 spiro atoms. The van der Waals surface area contributed by atoms with Crippen LogP contribution >= 0.6 is 0 Å². The van der Waals surface area contributed by atoms with E-state index in [4.69, 9.17) is 0 Å². The lowest BCUT2D eigenvalue weighted by Crippen LogP contribution is -2.55. The summed E-state index contributed by atoms with van der Waals surface area (Å²) in [6.45, 7) is 1.29. The van der Waals surface area contributed by atoms with Gasteiger partial charge in [-0.3, -0.25) is 9.59 Å². The van der Waals surface area contributed by atoms with E-state index in [-0.39, 0.29) is 23.9 Å². The average Bonchev–Trinajstić information content (AvgIpc) is 2.91. The number of benzene rings is 2. The Morgan fingerprint density at radius 1 is 0.880 bits per heavy atom. The predicted molar refractivity (Wildman–Crippen MR) is 96.0 cm³/mol. The van der Waals surface area contributed by atoms with Crippen LogP contribution in [-0.4, -0.2) is 47.3 Å². The smallest absolute Gasteiger partial charge is 0.234 e. The second-order valence-corrected chi connectivity index (χ2v) is 6.94. The SMILES string of the molecule is O=CN1C2CCC1CN(C(=O)C(c1ccccc1)c1ccccc1)C2. The highest BCUT2D eigenvalue weighted by atomic mass is 16.2. The lowest BCUT2D eigenvalue weighted by atomic mass is 9.89. The third kappa shape index (κ3) is 2.93. The molecule has 2 saturated heterocycles. The van der Waals surface area contributed by atoms with Gasteiger partial charge in [-0.1, -0.05) is 60.7 Å². The van der Waals surface area contributed by atoms with E-state index < -0.39 is 0 Å². The molecular weight excluding hydrogens is 312 g/mol. The Labute approximate surface area is 148 Å². The van der Waals surface area contributed by atoms with E-state index >= 15 is 0 Å². The van der Waals surface area contributed by atoms with Gasteiger partial charge in [0.15, 0.2) is 0 Å². The van der Waals surface area contributed by atoms with Crippen molar-refractivity contribution in [1.29, 1.82) is 0 Å². The van der Waals surface area contributed by atoms with Gasteiger partial charge in [-0.25, -0.2) is 0 Å². The molecule has 0 aliphatic carbocycles. The monoisotopic (exact) mass is 334 g/mol. The second kappa shape index (κ2) is 6.71. The van der Waals surface area contributed by atoms with Crippen LogP contribution in [0.5, 0.6) is 0 Å². The van der Waals surface area contributed by atoms with Crippen molar-refractivity contribution >= 4 is 12.3 Å². The van der Waals surface area contributed by atoms with Gasteiger partial charge in [0.05, 0.1) is 5.92 Å². The molecule has 2 bridgehead atoms. The fourth-order valence-corrected chi connectivity index (χ4v) is 4.24. The summed E-state index contributed by atoms with van der Waals surface area (Å²) >= 11 is 0. The van der Waals surface area contributed by atoms with Crippen LogP contribution in [0.2, 0.25) is 0 Å². The average molecular weight is 334 g/mol. The first-order chi connectivity index (χ1) is 12.3. The van der Waals surface area contributed by atoms with Crippen LogP contribution in [0.1, 0.15) is 29.9 Å². The predicted octanol–water partition coefficient (Wildman–Crippen LogP) is 2.65. The van der Waals surface area contributed by atoms with Gasteiger partial charge in [0.25, 0.3) is 0 Å². The highest BCUT2D eigenvalue weighted by Crippen LogP contribution is 2.33. The number of likely N-dealkylation sites (tertiary alicyclic amines) is 1. The van der Waals surface area contributed by atoms with Gasteiger partial charge < -0.3 is 9.80 Å². The Morgan fingerprint density at radius 3 is 1.80 bits per heavy atom. The molecule has 2 unspecified atom stereocenters. The summed E-state index contributed by atoms with van der Waals surface area (Å²) in [7, 11) is 0. The number of hydrogen-bond donors (Lipinski definition) is 0. The van der Waals surface area contributed by atoms with Crippen molar-refractivity contribution in [1.82, 2.24) is 9.80 Å². The molecule has 0 saturated carbocycles. The van der Waals surface area contributed by atoms with Gasteiger partial charge in [0, 0.05) is 25.2 Å². The highest BCUT2D eigenvalue weighted by molar-refractivity contribution is 5.87. The van der Waals surface area contributed by atoms with Gasteiger partial charge in [0.1, 0.15) is 0 Å². The fourth-order valence-electron chi connectivity index (χ4n) is 4.24. The molecule has 0 N–H and O–H groups in total. The summed E-state index contributed by atoms with van der Waals surface area (Å²) in [6, 6.07) is 20.3. The second-order valence-electron chi connectivity index (χ2n) is 6.94. The maximum atomic E-state index is 13.4. The Morgan fingerprint density at radius 2 is 1.36 bits per heavy atom. The number of carbonyl (C=O) groups excluding carboxylic acids is 2. The Kier molecular flexibility index (Phi) is 4.26. The summed E-state index contributed by atoms with van der Waals surface area (Å²) < 4.78 is 0. The summed E-state index contributed by atoms with van der Waals surface area (Å²) in [5, 5.41) is 0. The van der Waals surface area contributed by atoms with Gasteiger partial charge in [0.2, 0.25) is 12.3 Å². The number of carbonyl (C=O) groups is 2. The number of nitrogens with zero attached hydrogens (tertiary/aromatic N) is 2. The van der Waals surface area contributed by atoms with Crippen molar-refractivity contribution in [2.24, 2.45) is 0 Å². The van der Waals surface area contributed by atoms with Crippen LogP contribution < -0.4 is 0 Å². The molecule has 0 aromatic heterocycles. The molecule has 128 valence electrons. The third-order valence-electron chi connectivity index (χ3n) is 5.48. The van der Waals surface area contributed by atoms with Gasteiger partial charge in [-0.15, -0.1) is 0 Å². The zero-order chi connectivity index (χ0) is 17.2. The molecule has 2 heterocycles. The molecule has 2 aromatic rings. The van der Waals surface area contributed by atoms with Crippen LogP contribution in [0.4, 0.5) is 0 Å². The van der Waals surface area contributed by atoms with E-state index in [0.29, 0.717) is 13.1 Å². The molecule has 4 heteroatoms. The fraction of sp³-hybridized carbons (Fsp3) is 0.333. The van der Waals surface area contributed by atoms with Crippen molar-refractivity contribution in [2.45, 2.75) is 30.8 Å². The standard InChI is InChI=1S/C21H22N2O2/c24-15-23-18-11-12-19(23)14-22(13-18)21(25)20(16-7-3-1-4-8-16)17-9-5-2-6-10-17/h1-10,15,18-20H,11-14H2. The molecule has 2 aliphatic rings. The first kappa shape index (κ1) is 15.9. The summed E-state index contributed by atoms with van der Waals surface area (Å²) in [5.74, 6) is -0.149. The Hall–Kier alpha value is -2.62. The normalized spacial score (nSPS) is 22.3. The first-order valence-corrected chi connectivity index (χ1v) is 8.89. The Balaban J connectivity index is 1.64. The van der Waals surface area contributed by atoms with E-state index in [9.17, 15) is 9.59 Å². The summed E-state index contributed by atoms with van der Waals surface area (Å²) in [6.07, 6.45) is 2.94. The zero-order valence-electron chi connectivity index (χ0n) is 14.1. The van der Waals surface area contributed by atoms with Crippen LogP contribution in [0.3, 0.4) is 0 Å². The topological polar surface area (TPSA) is 40.6 Å². The number of rotatable bonds is 4. The molecule has 2 aliphatic heterocycles. The molecule has 25 heavy (non-hydrogen) atoms. The van der Waals surface area contributed by atoms with Gasteiger partial charge >= 0.3 is 0 Å². The molecule has 4 nitrogen and oxygen atoms in total. The van der Waals surface area contributed by atoms with E-state index in [0.717, 1.165) is 30.4 Å². The minimum atomic E-state index is -0.287. The van der Waals surface area contributed by atoms with Crippen LogP contribution in [-0.2, 0) is 9.59 Å². The van der Waals surface area contributed by atoms with Crippen molar-refractivity contribution < 1.29 is 9.59 Å². The Bertz CT molecular complexity index is 694. The largest absolute Gasteiger partial charge is 0.338 e. The first-order valence-electron chi connectivity index (χ1n) is 8.89. The molecule has 2 amide bonds. The number of amides is 2.